The van der Waals surface area contributed by atoms with E-state index in [-0.39, 0.29) is 19.1 Å². The molecular weight excluding hydrogens is 276 g/mol. The van der Waals surface area contributed by atoms with Gasteiger partial charge in [-0.2, -0.15) is 0 Å². The van der Waals surface area contributed by atoms with Crippen molar-refractivity contribution in [3.05, 3.63) is 41.7 Å². The van der Waals surface area contributed by atoms with Gasteiger partial charge < -0.3 is 10.4 Å². The molecule has 0 aliphatic heterocycles. The van der Waals surface area contributed by atoms with Crippen LogP contribution in [-0.2, 0) is 11.3 Å². The number of amides is 1. The number of rotatable bonds is 7. The molecule has 2 aromatic heterocycles. The third-order valence-electron chi connectivity index (χ3n) is 2.59. The van der Waals surface area contributed by atoms with Crippen molar-refractivity contribution in [1.29, 1.82) is 0 Å². The Labute approximate surface area is 121 Å². The smallest absolute Gasteiger partial charge is 0.240 e. The fourth-order valence-corrected chi connectivity index (χ4v) is 2.30. The predicted molar refractivity (Wildman–Crippen MR) is 77.3 cm³/mol. The summed E-state index contributed by atoms with van der Waals surface area (Å²) in [7, 11) is 0. The van der Waals surface area contributed by atoms with Crippen molar-refractivity contribution >= 4 is 22.4 Å². The van der Waals surface area contributed by atoms with Gasteiger partial charge in [-0.3, -0.25) is 14.7 Å². The van der Waals surface area contributed by atoms with Crippen LogP contribution in [0.5, 0.6) is 0 Å². The van der Waals surface area contributed by atoms with E-state index in [4.69, 9.17) is 5.11 Å². The number of pyridine rings is 1. The first kappa shape index (κ1) is 14.6. The highest BCUT2D eigenvalue weighted by Gasteiger charge is 2.12. The van der Waals surface area contributed by atoms with Crippen LogP contribution in [0, 0.1) is 0 Å². The highest BCUT2D eigenvalue weighted by molar-refractivity contribution is 7.13. The van der Waals surface area contributed by atoms with Crippen molar-refractivity contribution in [3.63, 3.8) is 0 Å². The zero-order chi connectivity index (χ0) is 14.2. The molecule has 0 aliphatic rings. The molecule has 20 heavy (non-hydrogen) atoms. The van der Waals surface area contributed by atoms with Crippen LogP contribution in [0.4, 0.5) is 5.13 Å². The first-order valence-corrected chi connectivity index (χ1v) is 7.07. The highest BCUT2D eigenvalue weighted by atomic mass is 32.1. The number of nitrogens with one attached hydrogen (secondary N) is 1. The quantitative estimate of drug-likeness (QED) is 0.795. The SMILES string of the molecule is O=C(CN(CCO)Cc1cccnc1)Nc1nccs1. The predicted octanol–water partition coefficient (Wildman–Crippen LogP) is 0.971. The van der Waals surface area contributed by atoms with Gasteiger partial charge >= 0.3 is 0 Å². The zero-order valence-electron chi connectivity index (χ0n) is 10.9. The van der Waals surface area contributed by atoms with Crippen LogP contribution in [0.3, 0.4) is 0 Å². The van der Waals surface area contributed by atoms with Crippen molar-refractivity contribution < 1.29 is 9.90 Å². The number of hydrogen-bond acceptors (Lipinski definition) is 6. The van der Waals surface area contributed by atoms with Gasteiger partial charge in [0, 0.05) is 37.1 Å². The summed E-state index contributed by atoms with van der Waals surface area (Å²) < 4.78 is 0. The normalized spacial score (nSPS) is 10.7. The summed E-state index contributed by atoms with van der Waals surface area (Å²) in [4.78, 5) is 21.8. The van der Waals surface area contributed by atoms with Crippen molar-refractivity contribution in [3.8, 4) is 0 Å². The zero-order valence-corrected chi connectivity index (χ0v) is 11.7. The molecular formula is C13H16N4O2S. The Morgan fingerprint density at radius 1 is 1.45 bits per heavy atom. The van der Waals surface area contributed by atoms with Gasteiger partial charge in [-0.15, -0.1) is 11.3 Å². The highest BCUT2D eigenvalue weighted by Crippen LogP contribution is 2.10. The molecule has 1 amide bonds. The van der Waals surface area contributed by atoms with E-state index in [0.717, 1.165) is 5.56 Å². The van der Waals surface area contributed by atoms with Crippen LogP contribution in [0.2, 0.25) is 0 Å². The van der Waals surface area contributed by atoms with E-state index >= 15 is 0 Å². The Bertz CT molecular complexity index is 518. The minimum Gasteiger partial charge on any atom is -0.395 e. The van der Waals surface area contributed by atoms with E-state index in [1.54, 1.807) is 24.0 Å². The second kappa shape index (κ2) is 7.68. The molecule has 0 spiro atoms. The molecule has 0 bridgehead atoms. The van der Waals surface area contributed by atoms with E-state index < -0.39 is 0 Å². The summed E-state index contributed by atoms with van der Waals surface area (Å²) in [6.07, 6.45) is 5.10. The summed E-state index contributed by atoms with van der Waals surface area (Å²) in [5.74, 6) is -0.141. The minimum atomic E-state index is -0.141. The van der Waals surface area contributed by atoms with Crippen LogP contribution in [-0.4, -0.2) is 45.6 Å². The van der Waals surface area contributed by atoms with Crippen LogP contribution in [0.15, 0.2) is 36.1 Å². The number of carbonyl (C=O) groups is 1. The third-order valence-corrected chi connectivity index (χ3v) is 3.28. The maximum Gasteiger partial charge on any atom is 0.240 e. The van der Waals surface area contributed by atoms with Crippen LogP contribution in [0.1, 0.15) is 5.56 Å². The molecule has 7 heteroatoms. The van der Waals surface area contributed by atoms with Crippen LogP contribution < -0.4 is 5.32 Å². The Hall–Kier alpha value is -1.83. The lowest BCUT2D eigenvalue weighted by molar-refractivity contribution is -0.117. The largest absolute Gasteiger partial charge is 0.395 e. The van der Waals surface area contributed by atoms with Crippen molar-refractivity contribution in [2.45, 2.75) is 6.54 Å². The lowest BCUT2D eigenvalue weighted by Crippen LogP contribution is -2.34. The fraction of sp³-hybridized carbons (Fsp3) is 0.308. The van der Waals surface area contributed by atoms with E-state index in [2.05, 4.69) is 15.3 Å². The monoisotopic (exact) mass is 292 g/mol. The standard InChI is InChI=1S/C13H16N4O2S/c18-6-5-17(9-11-2-1-3-14-8-11)10-12(19)16-13-15-4-7-20-13/h1-4,7-8,18H,5-6,9-10H2,(H,15,16,19). The van der Waals surface area contributed by atoms with Crippen molar-refractivity contribution in [2.24, 2.45) is 0 Å². The van der Waals surface area contributed by atoms with Gasteiger partial charge in [0.15, 0.2) is 5.13 Å². The maximum absolute atomic E-state index is 11.9. The summed E-state index contributed by atoms with van der Waals surface area (Å²) in [5, 5.41) is 14.2. The molecule has 0 aromatic carbocycles. The summed E-state index contributed by atoms with van der Waals surface area (Å²) in [6, 6.07) is 3.79. The Morgan fingerprint density at radius 2 is 2.35 bits per heavy atom. The van der Waals surface area contributed by atoms with Crippen LogP contribution >= 0.6 is 11.3 Å². The number of carbonyl (C=O) groups excluding carboxylic acids is 1. The Kier molecular flexibility index (Phi) is 5.60. The number of nitrogens with zero attached hydrogens (tertiary/aromatic N) is 3. The van der Waals surface area contributed by atoms with E-state index in [1.807, 2.05) is 17.0 Å². The summed E-state index contributed by atoms with van der Waals surface area (Å²) >= 11 is 1.37. The number of anilines is 1. The van der Waals surface area contributed by atoms with Gasteiger partial charge in [-0.1, -0.05) is 6.07 Å². The molecule has 0 atom stereocenters. The van der Waals surface area contributed by atoms with Gasteiger partial charge in [0.05, 0.1) is 13.2 Å². The minimum absolute atomic E-state index is 0.00476. The first-order valence-electron chi connectivity index (χ1n) is 6.19. The van der Waals surface area contributed by atoms with Gasteiger partial charge in [0.25, 0.3) is 0 Å². The number of aliphatic hydroxyl groups excluding tert-OH is 1. The molecule has 2 heterocycles. The van der Waals surface area contributed by atoms with Gasteiger partial charge in [0.2, 0.25) is 5.91 Å². The Balaban J connectivity index is 1.89. The molecule has 2 rings (SSSR count). The molecule has 2 aromatic rings. The maximum atomic E-state index is 11.9. The molecule has 0 saturated heterocycles. The lowest BCUT2D eigenvalue weighted by atomic mass is 10.2. The molecule has 0 saturated carbocycles. The van der Waals surface area contributed by atoms with Crippen LogP contribution in [0.25, 0.3) is 0 Å². The number of aliphatic hydroxyl groups is 1. The second-order valence-electron chi connectivity index (χ2n) is 4.18. The van der Waals surface area contributed by atoms with Gasteiger partial charge in [-0.25, -0.2) is 4.98 Å². The van der Waals surface area contributed by atoms with E-state index in [9.17, 15) is 4.79 Å². The molecule has 6 nitrogen and oxygen atoms in total. The van der Waals surface area contributed by atoms with E-state index in [1.165, 1.54) is 11.3 Å². The number of hydrogen-bond donors (Lipinski definition) is 2. The van der Waals surface area contributed by atoms with E-state index in [0.29, 0.717) is 18.2 Å². The summed E-state index contributed by atoms with van der Waals surface area (Å²) in [5.41, 5.74) is 1.00. The van der Waals surface area contributed by atoms with Gasteiger partial charge in [-0.05, 0) is 11.6 Å². The molecule has 0 aliphatic carbocycles. The average Bonchev–Trinajstić information content (AvgIpc) is 2.93. The van der Waals surface area contributed by atoms with Crippen molar-refractivity contribution in [1.82, 2.24) is 14.9 Å². The number of aromatic nitrogens is 2. The fourth-order valence-electron chi connectivity index (χ4n) is 1.75. The van der Waals surface area contributed by atoms with Gasteiger partial charge in [0.1, 0.15) is 0 Å². The molecule has 0 radical (unpaired) electrons. The third kappa shape index (κ3) is 4.69. The summed E-state index contributed by atoms with van der Waals surface area (Å²) in [6.45, 7) is 1.21. The first-order chi connectivity index (χ1) is 9.78. The average molecular weight is 292 g/mol. The molecule has 106 valence electrons. The molecule has 0 unspecified atom stereocenters. The lowest BCUT2D eigenvalue weighted by Gasteiger charge is -2.20. The topological polar surface area (TPSA) is 78.4 Å². The Morgan fingerprint density at radius 3 is 3.00 bits per heavy atom. The van der Waals surface area contributed by atoms with Crippen molar-refractivity contribution in [2.75, 3.05) is 25.0 Å². The number of thiazole rings is 1. The second-order valence-corrected chi connectivity index (χ2v) is 5.08. The molecule has 0 fully saturated rings. The molecule has 2 N–H and O–H groups in total.